The van der Waals surface area contributed by atoms with E-state index in [0.717, 1.165) is 24.6 Å². The van der Waals surface area contributed by atoms with Gasteiger partial charge in [0, 0.05) is 24.2 Å². The minimum Gasteiger partial charge on any atom is -0.379 e. The van der Waals surface area contributed by atoms with Gasteiger partial charge in [0.2, 0.25) is 0 Å². The van der Waals surface area contributed by atoms with E-state index in [0.29, 0.717) is 12.1 Å². The van der Waals surface area contributed by atoms with E-state index < -0.39 is 0 Å². The third kappa shape index (κ3) is 2.05. The highest BCUT2D eigenvalue weighted by atomic mass is 16.5. The molecule has 2 atom stereocenters. The molecule has 1 saturated heterocycles. The molecular weight excluding hydrogens is 200 g/mol. The zero-order valence-electron chi connectivity index (χ0n) is 9.65. The van der Waals surface area contributed by atoms with Crippen LogP contribution in [0.25, 0.3) is 0 Å². The summed E-state index contributed by atoms with van der Waals surface area (Å²) in [6.07, 6.45) is 6.12. The van der Waals surface area contributed by atoms with Crippen molar-refractivity contribution in [3.8, 4) is 0 Å². The molecule has 86 valence electrons. The molecule has 1 aliphatic heterocycles. The summed E-state index contributed by atoms with van der Waals surface area (Å²) in [6, 6.07) is 4.63. The predicted molar refractivity (Wildman–Crippen MR) is 63.5 cm³/mol. The number of nitrogens with zero attached hydrogens (tertiary/aromatic N) is 1. The first-order chi connectivity index (χ1) is 7.83. The van der Waals surface area contributed by atoms with Gasteiger partial charge >= 0.3 is 0 Å². The molecule has 3 heteroatoms. The molecule has 0 spiro atoms. The van der Waals surface area contributed by atoms with Crippen molar-refractivity contribution >= 4 is 5.69 Å². The molecule has 1 N–H and O–H groups in total. The van der Waals surface area contributed by atoms with Crippen LogP contribution in [0.2, 0.25) is 0 Å². The van der Waals surface area contributed by atoms with Crippen LogP contribution in [-0.2, 0) is 4.74 Å². The zero-order chi connectivity index (χ0) is 11.0. The molecule has 16 heavy (non-hydrogen) atoms. The standard InChI is InChI=1S/C13H18N2O/c1-9-8-11(4-6-14-9)15-12-5-7-16-13(12)10-2-3-10/h4,6,8,10,12-13H,2-3,5,7H2,1H3,(H,14,15). The number of aromatic nitrogens is 1. The lowest BCUT2D eigenvalue weighted by atomic mass is 10.1. The van der Waals surface area contributed by atoms with E-state index in [2.05, 4.69) is 16.4 Å². The van der Waals surface area contributed by atoms with E-state index in [-0.39, 0.29) is 0 Å². The number of hydrogen-bond acceptors (Lipinski definition) is 3. The Morgan fingerprint density at radius 3 is 3.00 bits per heavy atom. The van der Waals surface area contributed by atoms with Gasteiger partial charge in [-0.05, 0) is 44.2 Å². The van der Waals surface area contributed by atoms with Gasteiger partial charge in [-0.15, -0.1) is 0 Å². The second kappa shape index (κ2) is 4.06. The van der Waals surface area contributed by atoms with Crippen molar-refractivity contribution in [2.24, 2.45) is 5.92 Å². The summed E-state index contributed by atoms with van der Waals surface area (Å²) in [5.74, 6) is 0.808. The van der Waals surface area contributed by atoms with E-state index in [1.807, 2.05) is 19.2 Å². The minimum absolute atomic E-state index is 0.438. The quantitative estimate of drug-likeness (QED) is 0.845. The average molecular weight is 218 g/mol. The zero-order valence-corrected chi connectivity index (χ0v) is 9.65. The summed E-state index contributed by atoms with van der Waals surface area (Å²) in [6.45, 7) is 2.93. The SMILES string of the molecule is Cc1cc(NC2CCOC2C2CC2)ccn1. The van der Waals surface area contributed by atoms with Crippen molar-refractivity contribution in [3.63, 3.8) is 0 Å². The smallest absolute Gasteiger partial charge is 0.0804 e. The van der Waals surface area contributed by atoms with Gasteiger partial charge in [0.1, 0.15) is 0 Å². The minimum atomic E-state index is 0.438. The molecule has 1 aliphatic carbocycles. The van der Waals surface area contributed by atoms with Gasteiger partial charge in [-0.25, -0.2) is 0 Å². The number of hydrogen-bond donors (Lipinski definition) is 1. The molecule has 2 heterocycles. The van der Waals surface area contributed by atoms with Crippen LogP contribution < -0.4 is 5.32 Å². The Morgan fingerprint density at radius 2 is 2.25 bits per heavy atom. The molecule has 2 aliphatic rings. The van der Waals surface area contributed by atoms with Crippen LogP contribution in [0, 0.1) is 12.8 Å². The third-order valence-electron chi connectivity index (χ3n) is 3.47. The molecule has 0 aromatic carbocycles. The molecule has 2 fully saturated rings. The van der Waals surface area contributed by atoms with E-state index >= 15 is 0 Å². The maximum Gasteiger partial charge on any atom is 0.0804 e. The molecule has 0 bridgehead atoms. The Kier molecular flexibility index (Phi) is 2.56. The van der Waals surface area contributed by atoms with Gasteiger partial charge < -0.3 is 10.1 Å². The van der Waals surface area contributed by atoms with E-state index in [1.54, 1.807) is 0 Å². The van der Waals surface area contributed by atoms with Gasteiger partial charge in [0.05, 0.1) is 12.1 Å². The van der Waals surface area contributed by atoms with Crippen LogP contribution in [0.5, 0.6) is 0 Å². The molecule has 2 unspecified atom stereocenters. The Bertz CT molecular complexity index is 376. The predicted octanol–water partition coefficient (Wildman–Crippen LogP) is 2.37. The lowest BCUT2D eigenvalue weighted by Crippen LogP contribution is -2.30. The molecular formula is C13H18N2O. The molecule has 3 rings (SSSR count). The Balaban J connectivity index is 1.69. The highest BCUT2D eigenvalue weighted by Gasteiger charge is 2.40. The topological polar surface area (TPSA) is 34.1 Å². The number of anilines is 1. The van der Waals surface area contributed by atoms with Crippen LogP contribution >= 0.6 is 0 Å². The second-order valence-corrected chi connectivity index (χ2v) is 4.90. The first-order valence-electron chi connectivity index (χ1n) is 6.14. The summed E-state index contributed by atoms with van der Waals surface area (Å²) in [5.41, 5.74) is 2.24. The summed E-state index contributed by atoms with van der Waals surface area (Å²) < 4.78 is 5.81. The fourth-order valence-corrected chi connectivity index (χ4v) is 2.50. The van der Waals surface area contributed by atoms with Crippen LogP contribution in [0.15, 0.2) is 18.3 Å². The van der Waals surface area contributed by atoms with Crippen molar-refractivity contribution in [2.75, 3.05) is 11.9 Å². The monoisotopic (exact) mass is 218 g/mol. The number of nitrogens with one attached hydrogen (secondary N) is 1. The Morgan fingerprint density at radius 1 is 1.38 bits per heavy atom. The molecule has 1 saturated carbocycles. The number of rotatable bonds is 3. The first kappa shape index (κ1) is 10.1. The van der Waals surface area contributed by atoms with Gasteiger partial charge in [-0.3, -0.25) is 4.98 Å². The summed E-state index contributed by atoms with van der Waals surface area (Å²) in [4.78, 5) is 4.21. The Labute approximate surface area is 96.2 Å². The lowest BCUT2D eigenvalue weighted by molar-refractivity contribution is 0.0898. The second-order valence-electron chi connectivity index (χ2n) is 4.90. The van der Waals surface area contributed by atoms with Gasteiger partial charge in [0.25, 0.3) is 0 Å². The normalized spacial score (nSPS) is 29.3. The van der Waals surface area contributed by atoms with Crippen LogP contribution in [-0.4, -0.2) is 23.7 Å². The van der Waals surface area contributed by atoms with Gasteiger partial charge in [-0.2, -0.15) is 0 Å². The lowest BCUT2D eigenvalue weighted by Gasteiger charge is -2.20. The molecule has 0 amide bonds. The van der Waals surface area contributed by atoms with Crippen molar-refractivity contribution in [3.05, 3.63) is 24.0 Å². The van der Waals surface area contributed by atoms with Crippen molar-refractivity contribution in [2.45, 2.75) is 38.3 Å². The molecule has 0 radical (unpaired) electrons. The van der Waals surface area contributed by atoms with Crippen LogP contribution in [0.3, 0.4) is 0 Å². The summed E-state index contributed by atoms with van der Waals surface area (Å²) in [7, 11) is 0. The molecule has 3 nitrogen and oxygen atoms in total. The van der Waals surface area contributed by atoms with Crippen LogP contribution in [0.4, 0.5) is 5.69 Å². The van der Waals surface area contributed by atoms with E-state index in [9.17, 15) is 0 Å². The first-order valence-corrected chi connectivity index (χ1v) is 6.14. The van der Waals surface area contributed by atoms with Gasteiger partial charge in [0.15, 0.2) is 0 Å². The van der Waals surface area contributed by atoms with Crippen molar-refractivity contribution in [1.29, 1.82) is 0 Å². The van der Waals surface area contributed by atoms with Gasteiger partial charge in [-0.1, -0.05) is 0 Å². The highest BCUT2D eigenvalue weighted by molar-refractivity contribution is 5.44. The van der Waals surface area contributed by atoms with Crippen LogP contribution in [0.1, 0.15) is 25.0 Å². The number of ether oxygens (including phenoxy) is 1. The summed E-state index contributed by atoms with van der Waals surface area (Å²) >= 11 is 0. The maximum atomic E-state index is 5.81. The fourth-order valence-electron chi connectivity index (χ4n) is 2.50. The largest absolute Gasteiger partial charge is 0.379 e. The summed E-state index contributed by atoms with van der Waals surface area (Å²) in [5, 5.41) is 3.59. The van der Waals surface area contributed by atoms with Crippen molar-refractivity contribution < 1.29 is 4.74 Å². The fraction of sp³-hybridized carbons (Fsp3) is 0.615. The highest BCUT2D eigenvalue weighted by Crippen LogP contribution is 2.39. The maximum absolute atomic E-state index is 5.81. The number of pyridine rings is 1. The van der Waals surface area contributed by atoms with E-state index in [4.69, 9.17) is 4.74 Å². The Hall–Kier alpha value is -1.09. The number of aryl methyl sites for hydroxylation is 1. The average Bonchev–Trinajstić information content (AvgIpc) is 3.00. The van der Waals surface area contributed by atoms with E-state index in [1.165, 1.54) is 18.5 Å². The molecule has 1 aromatic heterocycles. The molecule has 1 aromatic rings. The van der Waals surface area contributed by atoms with Crippen molar-refractivity contribution in [1.82, 2.24) is 4.98 Å². The third-order valence-corrected chi connectivity index (χ3v) is 3.47.